The number of likely N-dealkylation sites (tertiary alicyclic amines) is 1. The molecule has 1 unspecified atom stereocenters. The largest absolute Gasteiger partial charge is 0.493 e. The Morgan fingerprint density at radius 3 is 2.52 bits per heavy atom. The maximum atomic E-state index is 13.2. The second-order valence-electron chi connectivity index (χ2n) is 6.06. The molecule has 148 valence electrons. The van der Waals surface area contributed by atoms with Crippen LogP contribution in [0.25, 0.3) is 0 Å². The molecule has 0 saturated carbocycles. The maximum absolute atomic E-state index is 13.2. The predicted molar refractivity (Wildman–Crippen MR) is 87.3 cm³/mol. The van der Waals surface area contributed by atoms with Gasteiger partial charge in [0.25, 0.3) is 5.91 Å². The fourth-order valence-corrected chi connectivity index (χ4v) is 2.85. The first kappa shape index (κ1) is 20.5. The number of aliphatic carboxylic acids is 1. The Morgan fingerprint density at radius 2 is 1.96 bits per heavy atom. The lowest BCUT2D eigenvalue weighted by Gasteiger charge is -2.27. The second kappa shape index (κ2) is 7.85. The fourth-order valence-electron chi connectivity index (χ4n) is 2.85. The number of nitrogens with zero attached hydrogens (tertiary/aromatic N) is 1. The summed E-state index contributed by atoms with van der Waals surface area (Å²) in [5.74, 6) is -3.11. The Balaban J connectivity index is 2.01. The van der Waals surface area contributed by atoms with Crippen LogP contribution in [0.1, 0.15) is 23.7 Å². The van der Waals surface area contributed by atoms with E-state index in [-0.39, 0.29) is 12.1 Å². The first-order valence-electron chi connectivity index (χ1n) is 8.20. The lowest BCUT2D eigenvalue weighted by Crippen LogP contribution is -2.48. The first-order valence-corrected chi connectivity index (χ1v) is 8.20. The van der Waals surface area contributed by atoms with Gasteiger partial charge in [-0.2, -0.15) is 13.2 Å². The summed E-state index contributed by atoms with van der Waals surface area (Å²) in [4.78, 5) is 36.3. The van der Waals surface area contributed by atoms with Crippen molar-refractivity contribution >= 4 is 17.8 Å². The van der Waals surface area contributed by atoms with Crippen LogP contribution in [0.5, 0.6) is 5.75 Å². The van der Waals surface area contributed by atoms with Gasteiger partial charge in [0.05, 0.1) is 18.7 Å². The van der Waals surface area contributed by atoms with E-state index >= 15 is 0 Å². The molecule has 7 nitrogen and oxygen atoms in total. The number of nitrogens with one attached hydrogen (secondary N) is 1. The topological polar surface area (TPSA) is 95.9 Å². The Morgan fingerprint density at radius 1 is 1.30 bits per heavy atom. The summed E-state index contributed by atoms with van der Waals surface area (Å²) >= 11 is 0. The molecule has 0 aromatic heterocycles. The molecule has 1 fully saturated rings. The summed E-state index contributed by atoms with van der Waals surface area (Å²) < 4.78 is 44.8. The number of ether oxygens (including phenoxy) is 1. The second-order valence-corrected chi connectivity index (χ2v) is 6.06. The van der Waals surface area contributed by atoms with Gasteiger partial charge in [0.2, 0.25) is 5.91 Å². The van der Waals surface area contributed by atoms with Gasteiger partial charge in [0, 0.05) is 13.1 Å². The summed E-state index contributed by atoms with van der Waals surface area (Å²) in [5.41, 5.74) is -2.79. The highest BCUT2D eigenvalue weighted by molar-refractivity contribution is 5.98. The molecule has 1 aromatic rings. The molecule has 2 rings (SSSR count). The van der Waals surface area contributed by atoms with Crippen LogP contribution in [0.3, 0.4) is 0 Å². The van der Waals surface area contributed by atoms with E-state index in [1.807, 2.05) is 0 Å². The van der Waals surface area contributed by atoms with Gasteiger partial charge in [-0.15, -0.1) is 0 Å². The quantitative estimate of drug-likeness (QED) is 0.773. The van der Waals surface area contributed by atoms with Crippen LogP contribution < -0.4 is 10.1 Å². The number of para-hydroxylation sites is 1. The molecule has 10 heteroatoms. The van der Waals surface area contributed by atoms with Crippen molar-refractivity contribution in [2.45, 2.75) is 19.5 Å². The van der Waals surface area contributed by atoms with Crippen LogP contribution >= 0.6 is 0 Å². The number of carboxylic acid groups (broad SMARTS) is 1. The van der Waals surface area contributed by atoms with Crippen molar-refractivity contribution in [3.63, 3.8) is 0 Å². The van der Waals surface area contributed by atoms with Crippen LogP contribution in [0.15, 0.2) is 24.3 Å². The third kappa shape index (κ3) is 4.15. The molecular formula is C17H19F3N2O5. The molecule has 1 atom stereocenters. The zero-order valence-corrected chi connectivity index (χ0v) is 14.5. The van der Waals surface area contributed by atoms with E-state index in [1.54, 1.807) is 25.1 Å². The van der Waals surface area contributed by atoms with Crippen LogP contribution in [-0.2, 0) is 9.59 Å². The number of alkyl halides is 3. The monoisotopic (exact) mass is 388 g/mol. The number of halogens is 3. The van der Waals surface area contributed by atoms with Gasteiger partial charge in [-0.05, 0) is 25.5 Å². The number of carbonyl (C=O) groups excluding carboxylic acids is 2. The summed E-state index contributed by atoms with van der Waals surface area (Å²) in [6.45, 7) is 0.186. The van der Waals surface area contributed by atoms with Crippen molar-refractivity contribution in [1.29, 1.82) is 0 Å². The third-order valence-corrected chi connectivity index (χ3v) is 4.41. The molecule has 0 bridgehead atoms. The summed E-state index contributed by atoms with van der Waals surface area (Å²) in [5, 5.41) is 11.3. The lowest BCUT2D eigenvalue weighted by atomic mass is 9.86. The normalized spacial score (nSPS) is 19.6. The number of carboxylic acids is 1. The van der Waals surface area contributed by atoms with Gasteiger partial charge in [-0.3, -0.25) is 14.4 Å². The molecule has 2 N–H and O–H groups in total. The molecular weight excluding hydrogens is 369 g/mol. The van der Waals surface area contributed by atoms with E-state index in [0.29, 0.717) is 12.4 Å². The molecule has 1 aliphatic heterocycles. The highest BCUT2D eigenvalue weighted by Gasteiger charge is 2.64. The van der Waals surface area contributed by atoms with E-state index < -0.39 is 48.9 Å². The van der Waals surface area contributed by atoms with E-state index in [9.17, 15) is 27.6 Å². The highest BCUT2D eigenvalue weighted by atomic mass is 19.4. The molecule has 1 heterocycles. The van der Waals surface area contributed by atoms with Gasteiger partial charge < -0.3 is 20.1 Å². The molecule has 1 aromatic carbocycles. The minimum absolute atomic E-state index is 0.184. The van der Waals surface area contributed by atoms with Crippen LogP contribution in [0.2, 0.25) is 0 Å². The molecule has 0 radical (unpaired) electrons. The van der Waals surface area contributed by atoms with Crippen molar-refractivity contribution in [2.24, 2.45) is 5.41 Å². The van der Waals surface area contributed by atoms with Crippen molar-refractivity contribution in [3.05, 3.63) is 29.8 Å². The fraction of sp³-hybridized carbons (Fsp3) is 0.471. The van der Waals surface area contributed by atoms with E-state index in [1.165, 1.54) is 6.07 Å². The molecule has 2 amide bonds. The zero-order valence-electron chi connectivity index (χ0n) is 14.5. The average Bonchev–Trinajstić information content (AvgIpc) is 3.07. The van der Waals surface area contributed by atoms with Crippen molar-refractivity contribution in [1.82, 2.24) is 10.2 Å². The summed E-state index contributed by atoms with van der Waals surface area (Å²) in [7, 11) is 0. The minimum Gasteiger partial charge on any atom is -0.493 e. The summed E-state index contributed by atoms with van der Waals surface area (Å²) in [6.07, 6.45) is -5.70. The predicted octanol–water partition coefficient (Wildman–Crippen LogP) is 1.68. The number of hydrogen-bond acceptors (Lipinski definition) is 4. The molecule has 27 heavy (non-hydrogen) atoms. The Hall–Kier alpha value is -2.78. The van der Waals surface area contributed by atoms with Crippen LogP contribution in [0, 0.1) is 5.41 Å². The van der Waals surface area contributed by atoms with E-state index in [0.717, 1.165) is 4.90 Å². The molecule has 0 spiro atoms. The van der Waals surface area contributed by atoms with Crippen LogP contribution in [0.4, 0.5) is 13.2 Å². The minimum atomic E-state index is -4.98. The van der Waals surface area contributed by atoms with E-state index in [4.69, 9.17) is 9.84 Å². The molecule has 1 aliphatic rings. The number of carbonyl (C=O) groups is 3. The van der Waals surface area contributed by atoms with Crippen molar-refractivity contribution in [2.75, 3.05) is 26.2 Å². The highest BCUT2D eigenvalue weighted by Crippen LogP contribution is 2.45. The standard InChI is InChI=1S/C17H19F3N2O5/c1-2-27-12-6-4-3-5-11(12)14(24)21-9-13(23)22-8-7-16(10-22,15(25)26)17(18,19)20/h3-6H,2,7-10H2,1H3,(H,21,24)(H,25,26). The molecule has 1 saturated heterocycles. The Bertz CT molecular complexity index is 738. The van der Waals surface area contributed by atoms with Gasteiger partial charge in [-0.1, -0.05) is 12.1 Å². The van der Waals surface area contributed by atoms with Gasteiger partial charge in [0.15, 0.2) is 5.41 Å². The average molecular weight is 388 g/mol. The van der Waals surface area contributed by atoms with Gasteiger partial charge in [0.1, 0.15) is 5.75 Å². The molecule has 0 aliphatic carbocycles. The smallest absolute Gasteiger partial charge is 0.406 e. The number of hydrogen-bond donors (Lipinski definition) is 2. The Labute approximate surface area is 153 Å². The number of benzene rings is 1. The summed E-state index contributed by atoms with van der Waals surface area (Å²) in [6, 6.07) is 6.33. The van der Waals surface area contributed by atoms with Crippen molar-refractivity contribution < 1.29 is 37.4 Å². The SMILES string of the molecule is CCOc1ccccc1C(=O)NCC(=O)N1CCC(C(=O)O)(C(F)(F)F)C1. The Kier molecular flexibility index (Phi) is 5.97. The number of rotatable bonds is 6. The number of amides is 2. The van der Waals surface area contributed by atoms with Crippen molar-refractivity contribution in [3.8, 4) is 5.75 Å². The van der Waals surface area contributed by atoms with E-state index in [2.05, 4.69) is 5.32 Å². The first-order chi connectivity index (χ1) is 12.6. The van der Waals surface area contributed by atoms with Crippen LogP contribution in [-0.4, -0.2) is 60.2 Å². The van der Waals surface area contributed by atoms with Gasteiger partial charge >= 0.3 is 12.1 Å². The lowest BCUT2D eigenvalue weighted by molar-refractivity contribution is -0.227. The third-order valence-electron chi connectivity index (χ3n) is 4.41. The maximum Gasteiger partial charge on any atom is 0.406 e. The zero-order chi connectivity index (χ0) is 20.2. The van der Waals surface area contributed by atoms with Gasteiger partial charge in [-0.25, -0.2) is 0 Å².